The Kier molecular flexibility index (Phi) is 9.91. The van der Waals surface area contributed by atoms with Gasteiger partial charge in [0.2, 0.25) is 0 Å². The van der Waals surface area contributed by atoms with E-state index in [9.17, 15) is 39.3 Å². The monoisotopic (exact) mass is 926 g/mol. The third kappa shape index (κ3) is 6.53. The molecular weight excluding hydrogens is 880 g/mol. The van der Waals surface area contributed by atoms with E-state index >= 15 is 4.39 Å². The zero-order valence-electron chi connectivity index (χ0n) is 37.6. The highest BCUT2D eigenvalue weighted by atomic mass is 19.1. The zero-order chi connectivity index (χ0) is 47.7. The van der Waals surface area contributed by atoms with Gasteiger partial charge in [0.05, 0.1) is 46.3 Å². The lowest BCUT2D eigenvalue weighted by atomic mass is 9.81. The molecule has 3 aromatic carbocycles. The Balaban J connectivity index is 0.776. The molecule has 6 aromatic rings. The number of carbonyl (C=O) groups excluding carboxylic acids is 3. The number of fused-ring (bicyclic) bond motifs is 7. The number of nitrogens with one attached hydrogen (secondary N) is 2. The second-order valence-electron chi connectivity index (χ2n) is 18.6. The van der Waals surface area contributed by atoms with Gasteiger partial charge < -0.3 is 39.6 Å². The van der Waals surface area contributed by atoms with E-state index in [1.54, 1.807) is 56.9 Å². The molecule has 12 rings (SSSR count). The molecule has 2 unspecified atom stereocenters. The highest BCUT2D eigenvalue weighted by molar-refractivity contribution is 5.94. The van der Waals surface area contributed by atoms with E-state index in [1.807, 2.05) is 12.1 Å². The van der Waals surface area contributed by atoms with E-state index in [1.165, 1.54) is 21.3 Å². The maximum absolute atomic E-state index is 15.4. The Morgan fingerprint density at radius 2 is 1.78 bits per heavy atom. The highest BCUT2D eigenvalue weighted by Gasteiger charge is 2.49. The van der Waals surface area contributed by atoms with Gasteiger partial charge in [0.25, 0.3) is 11.5 Å². The Hall–Kier alpha value is -7.38. The van der Waals surface area contributed by atoms with E-state index in [4.69, 9.17) is 14.5 Å². The van der Waals surface area contributed by atoms with Crippen LogP contribution in [0.5, 0.6) is 11.5 Å². The number of amides is 2. The first-order chi connectivity index (χ1) is 32.5. The van der Waals surface area contributed by atoms with Crippen molar-refractivity contribution in [3.63, 3.8) is 0 Å². The summed E-state index contributed by atoms with van der Waals surface area (Å²) < 4.78 is 29.3. The lowest BCUT2D eigenvalue weighted by Crippen LogP contribution is -2.71. The number of hydrogen-bond acceptors (Lipinski definition) is 13. The number of carbonyl (C=O) groups is 3. The largest absolute Gasteiger partial charge is 0.508 e. The summed E-state index contributed by atoms with van der Waals surface area (Å²) in [6, 6.07) is 12.3. The molecule has 350 valence electrons. The Labute approximate surface area is 386 Å². The van der Waals surface area contributed by atoms with Crippen molar-refractivity contribution < 1.29 is 43.6 Å². The molecule has 3 fully saturated rings. The molecule has 2 bridgehead atoms. The number of piperidine rings is 1. The number of aromatic nitrogens is 5. The van der Waals surface area contributed by atoms with Crippen LogP contribution in [0.25, 0.3) is 39.4 Å². The fourth-order valence-corrected chi connectivity index (χ4v) is 11.1. The van der Waals surface area contributed by atoms with Crippen LogP contribution in [-0.2, 0) is 50.8 Å². The van der Waals surface area contributed by atoms with Crippen molar-refractivity contribution in [3.8, 4) is 40.0 Å². The van der Waals surface area contributed by atoms with Crippen LogP contribution in [-0.4, -0.2) is 98.7 Å². The lowest BCUT2D eigenvalue weighted by molar-refractivity contribution is -0.172. The predicted octanol–water partition coefficient (Wildman–Crippen LogP) is 4.38. The number of pyridine rings is 2. The number of aliphatic hydroxyl groups is 1. The summed E-state index contributed by atoms with van der Waals surface area (Å²) in [6.45, 7) is 8.14. The van der Waals surface area contributed by atoms with Crippen LogP contribution in [0.3, 0.4) is 0 Å². The molecule has 2 amide bonds. The molecule has 3 aromatic heterocycles. The number of hydrogen-bond donors (Lipinski definition) is 5. The normalized spacial score (nSPS) is 21.6. The van der Waals surface area contributed by atoms with Crippen molar-refractivity contribution in [2.45, 2.75) is 103 Å². The van der Waals surface area contributed by atoms with Crippen LogP contribution in [0.1, 0.15) is 83.7 Å². The van der Waals surface area contributed by atoms with E-state index in [-0.39, 0.29) is 71.6 Å². The van der Waals surface area contributed by atoms with E-state index in [0.29, 0.717) is 82.7 Å². The molecule has 8 heterocycles. The molecule has 19 heteroatoms. The van der Waals surface area contributed by atoms with Crippen LogP contribution < -0.4 is 16.6 Å². The average Bonchev–Trinajstić information content (AvgIpc) is 3.88. The van der Waals surface area contributed by atoms with Gasteiger partial charge in [-0.1, -0.05) is 19.1 Å². The summed E-state index contributed by atoms with van der Waals surface area (Å²) in [4.78, 5) is 76.2. The molecule has 6 aliphatic rings. The zero-order valence-corrected chi connectivity index (χ0v) is 37.6. The van der Waals surface area contributed by atoms with E-state index in [2.05, 4.69) is 20.4 Å². The molecule has 5 N–H and O–H groups in total. The minimum absolute atomic E-state index is 0.0265. The topological polar surface area (TPSA) is 234 Å². The number of rotatable bonds is 8. The minimum atomic E-state index is -2.03. The third-order valence-corrected chi connectivity index (χ3v) is 14.7. The lowest BCUT2D eigenvalue weighted by Gasteiger charge is -2.56. The van der Waals surface area contributed by atoms with Crippen LogP contribution >= 0.6 is 0 Å². The molecule has 0 saturated carbocycles. The molecule has 1 aliphatic carbocycles. The second kappa shape index (κ2) is 15.6. The summed E-state index contributed by atoms with van der Waals surface area (Å²) >= 11 is 0. The number of esters is 1. The molecule has 18 nitrogen and oxygen atoms in total. The fourth-order valence-electron chi connectivity index (χ4n) is 11.1. The first-order valence-corrected chi connectivity index (χ1v) is 22.7. The SMILES string of the molecule is CC[C@@]1(O)C(=O)OCc2c1cc1n(c2=O)Cc2c-1nc1cc(F)c(C)c3c1c2[C@@H](NC(=O)O[C@@H](C)C(=O)N1C2CC1CN(Cc1ccc(-n4c(-c5cc(C)c(O)cc5O)n[nH]c4=O)cc1)C2)CC3. The number of alkyl carbamates (subject to hydrolysis) is 1. The average molecular weight is 927 g/mol. The highest BCUT2D eigenvalue weighted by Crippen LogP contribution is 2.46. The van der Waals surface area contributed by atoms with Crippen molar-refractivity contribution in [2.24, 2.45) is 0 Å². The molecule has 5 atom stereocenters. The second-order valence-corrected chi connectivity index (χ2v) is 18.6. The fraction of sp³-hybridized carbons (Fsp3) is 0.367. The summed E-state index contributed by atoms with van der Waals surface area (Å²) in [7, 11) is 0. The van der Waals surface area contributed by atoms with Gasteiger partial charge in [-0.05, 0) is 98.5 Å². The van der Waals surface area contributed by atoms with Gasteiger partial charge in [-0.25, -0.2) is 33.4 Å². The van der Waals surface area contributed by atoms with Crippen molar-refractivity contribution >= 4 is 28.9 Å². The number of phenols is 2. The summed E-state index contributed by atoms with van der Waals surface area (Å²) in [6.07, 6.45) is -0.320. The van der Waals surface area contributed by atoms with Crippen molar-refractivity contribution in [2.75, 3.05) is 13.1 Å². The van der Waals surface area contributed by atoms with Gasteiger partial charge in [0, 0.05) is 60.4 Å². The standard InChI is InChI=1S/C49H47FN8O10/c1-5-49(66)33-14-37-42-31(20-56(37)45(62)32(33)21-67-46(49)63)41-35(11-10-29-23(3)34(50)15-36(51-42)40(29)41)52-48(65)68-24(4)44(61)57-27-13-28(57)19-55(18-27)17-25-6-8-26(9-7-25)58-43(53-54-47(58)64)30-12-22(2)38(59)16-39(30)60/h6-9,12,14-16,24,27-28,35,59-60,66H,5,10-11,13,17-21H2,1-4H3,(H,52,65)(H,54,64)/t24-,27?,28?,35-,49-/m0/s1. The van der Waals surface area contributed by atoms with Crippen molar-refractivity contribution in [1.82, 2.24) is 39.4 Å². The Bertz CT molecular complexity index is 3300. The maximum atomic E-state index is 15.4. The summed E-state index contributed by atoms with van der Waals surface area (Å²) in [5.41, 5.74) is 3.26. The predicted molar refractivity (Wildman–Crippen MR) is 241 cm³/mol. The van der Waals surface area contributed by atoms with Crippen LogP contribution in [0.2, 0.25) is 0 Å². The van der Waals surface area contributed by atoms with Crippen molar-refractivity contribution in [3.05, 3.63) is 120 Å². The number of nitrogens with zero attached hydrogens (tertiary/aromatic N) is 6. The maximum Gasteiger partial charge on any atom is 0.408 e. The third-order valence-electron chi connectivity index (χ3n) is 14.7. The number of cyclic esters (lactones) is 1. The van der Waals surface area contributed by atoms with E-state index < -0.39 is 46.9 Å². The van der Waals surface area contributed by atoms with Crippen LogP contribution in [0.15, 0.2) is 58.1 Å². The van der Waals surface area contributed by atoms with E-state index in [0.717, 1.165) is 17.5 Å². The number of piperazine rings is 1. The first-order valence-electron chi connectivity index (χ1n) is 22.7. The number of aromatic amines is 1. The van der Waals surface area contributed by atoms with Crippen LogP contribution in [0, 0.1) is 19.7 Å². The Morgan fingerprint density at radius 3 is 2.51 bits per heavy atom. The molecule has 0 radical (unpaired) electrons. The molecule has 3 saturated heterocycles. The minimum Gasteiger partial charge on any atom is -0.508 e. The van der Waals surface area contributed by atoms with Gasteiger partial charge in [-0.2, -0.15) is 5.10 Å². The summed E-state index contributed by atoms with van der Waals surface area (Å²) in [5, 5.41) is 42.2. The molecular formula is C49H47FN8O10. The number of halogens is 1. The van der Waals surface area contributed by atoms with Gasteiger partial charge in [-0.15, -0.1) is 0 Å². The van der Waals surface area contributed by atoms with Gasteiger partial charge in [-0.3, -0.25) is 14.5 Å². The number of aromatic hydroxyl groups is 2. The molecule has 0 spiro atoms. The molecule has 5 aliphatic heterocycles. The number of aryl methyl sites for hydroxylation is 2. The smallest absolute Gasteiger partial charge is 0.408 e. The van der Waals surface area contributed by atoms with Gasteiger partial charge in [0.1, 0.15) is 23.9 Å². The number of phenolic OH excluding ortho intramolecular Hbond substituents is 2. The van der Waals surface area contributed by atoms with Gasteiger partial charge in [0.15, 0.2) is 17.5 Å². The van der Waals surface area contributed by atoms with Crippen molar-refractivity contribution in [1.29, 1.82) is 0 Å². The Morgan fingerprint density at radius 1 is 1.03 bits per heavy atom. The number of H-pyrrole nitrogens is 1. The molecule has 68 heavy (non-hydrogen) atoms. The van der Waals surface area contributed by atoms with Crippen LogP contribution in [0.4, 0.5) is 9.18 Å². The summed E-state index contributed by atoms with van der Waals surface area (Å²) in [5.74, 6) is -1.69. The first kappa shape index (κ1) is 43.2. The van der Waals surface area contributed by atoms with Gasteiger partial charge >= 0.3 is 17.8 Å². The quantitative estimate of drug-likeness (QED) is 0.133. The number of ether oxygens (including phenoxy) is 2. The number of benzene rings is 3.